The largest absolute Gasteiger partial charge is 0.465 e. The van der Waals surface area contributed by atoms with Crippen molar-refractivity contribution >= 4 is 6.09 Å². The molecule has 9 heteroatoms. The molecule has 1 amide bonds. The lowest BCUT2D eigenvalue weighted by Crippen LogP contribution is -2.47. The van der Waals surface area contributed by atoms with E-state index in [0.29, 0.717) is 18.8 Å². The van der Waals surface area contributed by atoms with Crippen molar-refractivity contribution in [1.29, 1.82) is 0 Å². The topological polar surface area (TPSA) is 75.5 Å². The molecule has 0 aliphatic carbocycles. The van der Waals surface area contributed by atoms with Gasteiger partial charge in [0.1, 0.15) is 5.75 Å². The second-order valence-corrected chi connectivity index (χ2v) is 5.28. The van der Waals surface area contributed by atoms with Crippen molar-refractivity contribution in [2.45, 2.75) is 12.1 Å². The molecule has 1 aliphatic rings. The molecule has 0 atom stereocenters. The number of carboxylic acid groups (broad SMARTS) is 1. The van der Waals surface area contributed by atoms with E-state index in [2.05, 4.69) is 9.97 Å². The third-order valence-corrected chi connectivity index (χ3v) is 3.64. The van der Waals surface area contributed by atoms with Crippen LogP contribution in [-0.2, 0) is 6.18 Å². The zero-order valence-electron chi connectivity index (χ0n) is 12.2. The van der Waals surface area contributed by atoms with E-state index in [4.69, 9.17) is 9.84 Å². The number of nitrogens with zero attached hydrogens (tertiary/aromatic N) is 3. The molecule has 0 radical (unpaired) electrons. The molecule has 6 nitrogen and oxygen atoms in total. The van der Waals surface area contributed by atoms with Gasteiger partial charge in [0.2, 0.25) is 0 Å². The van der Waals surface area contributed by atoms with Crippen LogP contribution in [0.15, 0.2) is 36.5 Å². The summed E-state index contributed by atoms with van der Waals surface area (Å²) in [5.74, 6) is 0.410. The lowest BCUT2D eigenvalue weighted by molar-refractivity contribution is -0.141. The van der Waals surface area contributed by atoms with Crippen molar-refractivity contribution < 1.29 is 27.8 Å². The Morgan fingerprint density at radius 1 is 1.21 bits per heavy atom. The van der Waals surface area contributed by atoms with Gasteiger partial charge in [-0.25, -0.2) is 9.78 Å². The molecule has 2 heterocycles. The summed E-state index contributed by atoms with van der Waals surface area (Å²) in [6.45, 7) is 0.846. The molecule has 1 aliphatic heterocycles. The monoisotopic (exact) mass is 339 g/mol. The molecule has 0 unspecified atom stereocenters. The third-order valence-electron chi connectivity index (χ3n) is 3.64. The summed E-state index contributed by atoms with van der Waals surface area (Å²) in [6.07, 6.45) is -4.53. The Kier molecular flexibility index (Phi) is 4.00. The maximum Gasteiger partial charge on any atom is 0.433 e. The highest BCUT2D eigenvalue weighted by atomic mass is 19.4. The number of hydrogen-bond acceptors (Lipinski definition) is 4. The fourth-order valence-corrected chi connectivity index (χ4v) is 2.31. The van der Waals surface area contributed by atoms with Crippen molar-refractivity contribution in [3.05, 3.63) is 47.8 Å². The van der Waals surface area contributed by atoms with E-state index >= 15 is 0 Å². The number of alkyl halides is 3. The molecule has 0 saturated carbocycles. The number of likely N-dealkylation sites (tertiary alicyclic amines) is 1. The zero-order chi connectivity index (χ0) is 17.3. The Morgan fingerprint density at radius 2 is 1.88 bits per heavy atom. The smallest absolute Gasteiger partial charge is 0.433 e. The average Bonchev–Trinajstić information content (AvgIpc) is 2.46. The number of amides is 1. The zero-order valence-corrected chi connectivity index (χ0v) is 12.2. The van der Waals surface area contributed by atoms with E-state index < -0.39 is 24.0 Å². The lowest BCUT2D eigenvalue weighted by atomic mass is 9.92. The van der Waals surface area contributed by atoms with Crippen LogP contribution in [-0.4, -0.2) is 39.2 Å². The van der Waals surface area contributed by atoms with Gasteiger partial charge in [0, 0.05) is 25.2 Å². The molecule has 126 valence electrons. The summed E-state index contributed by atoms with van der Waals surface area (Å²) in [6, 6.07) is 7.03. The number of aromatic nitrogens is 2. The van der Waals surface area contributed by atoms with Crippen LogP contribution in [0.3, 0.4) is 0 Å². The first-order valence-electron chi connectivity index (χ1n) is 6.99. The number of carbonyl (C=O) groups is 1. The van der Waals surface area contributed by atoms with Gasteiger partial charge in [-0.15, -0.1) is 0 Å². The minimum atomic E-state index is -4.56. The van der Waals surface area contributed by atoms with Crippen LogP contribution in [0.2, 0.25) is 0 Å². The maximum atomic E-state index is 12.6. The van der Waals surface area contributed by atoms with Crippen LogP contribution in [0.5, 0.6) is 11.8 Å². The summed E-state index contributed by atoms with van der Waals surface area (Å²) in [5, 5.41) is 8.80. The minimum absolute atomic E-state index is 0.111. The molecular formula is C15H12F3N3O3. The molecule has 1 aromatic heterocycles. The van der Waals surface area contributed by atoms with Gasteiger partial charge >= 0.3 is 18.3 Å². The van der Waals surface area contributed by atoms with Gasteiger partial charge in [0.05, 0.1) is 0 Å². The van der Waals surface area contributed by atoms with Gasteiger partial charge in [0.25, 0.3) is 0 Å². The van der Waals surface area contributed by atoms with E-state index in [9.17, 15) is 18.0 Å². The fourth-order valence-electron chi connectivity index (χ4n) is 2.31. The van der Waals surface area contributed by atoms with Gasteiger partial charge in [-0.2, -0.15) is 18.2 Å². The SMILES string of the molecule is O=C(O)N1CC(c2ccc(Oc3nccc(C(F)(F)F)n3)cc2)C1. The highest BCUT2D eigenvalue weighted by Crippen LogP contribution is 2.30. The molecule has 1 fully saturated rings. The molecule has 24 heavy (non-hydrogen) atoms. The number of benzene rings is 1. The van der Waals surface area contributed by atoms with Gasteiger partial charge in [-0.1, -0.05) is 12.1 Å². The first kappa shape index (κ1) is 16.0. The van der Waals surface area contributed by atoms with Crippen LogP contribution in [0, 0.1) is 0 Å². The first-order valence-corrected chi connectivity index (χ1v) is 6.99. The Balaban J connectivity index is 1.66. The molecule has 0 spiro atoms. The van der Waals surface area contributed by atoms with Gasteiger partial charge < -0.3 is 14.7 Å². The quantitative estimate of drug-likeness (QED) is 0.928. The normalized spacial score (nSPS) is 15.0. The molecule has 0 bridgehead atoms. The van der Waals surface area contributed by atoms with Crippen molar-refractivity contribution in [3.63, 3.8) is 0 Å². The van der Waals surface area contributed by atoms with Crippen molar-refractivity contribution in [3.8, 4) is 11.8 Å². The second kappa shape index (κ2) is 5.99. The molecule has 1 saturated heterocycles. The molecular weight excluding hydrogens is 327 g/mol. The van der Waals surface area contributed by atoms with Crippen molar-refractivity contribution in [2.24, 2.45) is 0 Å². The van der Waals surface area contributed by atoms with Crippen LogP contribution in [0.25, 0.3) is 0 Å². The maximum absolute atomic E-state index is 12.6. The van der Waals surface area contributed by atoms with E-state index in [1.54, 1.807) is 24.3 Å². The Morgan fingerprint density at radius 3 is 2.46 bits per heavy atom. The predicted molar refractivity (Wildman–Crippen MR) is 75.9 cm³/mol. The second-order valence-electron chi connectivity index (χ2n) is 5.28. The van der Waals surface area contributed by atoms with Crippen LogP contribution >= 0.6 is 0 Å². The molecule has 2 aromatic rings. The van der Waals surface area contributed by atoms with Gasteiger partial charge in [0.15, 0.2) is 5.69 Å². The summed E-state index contributed by atoms with van der Waals surface area (Å²) >= 11 is 0. The van der Waals surface area contributed by atoms with E-state index in [0.717, 1.165) is 17.8 Å². The van der Waals surface area contributed by atoms with Crippen molar-refractivity contribution in [2.75, 3.05) is 13.1 Å². The fraction of sp³-hybridized carbons (Fsp3) is 0.267. The third kappa shape index (κ3) is 3.39. The van der Waals surface area contributed by atoms with Gasteiger partial charge in [-0.3, -0.25) is 0 Å². The summed E-state index contributed by atoms with van der Waals surface area (Å²) in [7, 11) is 0. The Bertz CT molecular complexity index is 744. The first-order chi connectivity index (χ1) is 11.3. The average molecular weight is 339 g/mol. The van der Waals surface area contributed by atoms with Crippen LogP contribution in [0.4, 0.5) is 18.0 Å². The summed E-state index contributed by atoms with van der Waals surface area (Å²) < 4.78 is 43.0. The lowest BCUT2D eigenvalue weighted by Gasteiger charge is -2.37. The van der Waals surface area contributed by atoms with Crippen molar-refractivity contribution in [1.82, 2.24) is 14.9 Å². The van der Waals surface area contributed by atoms with E-state index in [1.807, 2.05) is 0 Å². The standard InChI is InChI=1S/C15H12F3N3O3/c16-15(17,18)12-5-6-19-13(20-12)24-11-3-1-9(2-4-11)10-7-21(8-10)14(22)23/h1-6,10H,7-8H2,(H,22,23). The molecule has 1 aromatic carbocycles. The van der Waals surface area contributed by atoms with E-state index in [-0.39, 0.29) is 5.92 Å². The Hall–Kier alpha value is -2.84. The van der Waals surface area contributed by atoms with Gasteiger partial charge in [-0.05, 0) is 23.8 Å². The number of ether oxygens (including phenoxy) is 1. The minimum Gasteiger partial charge on any atom is -0.465 e. The molecule has 1 N–H and O–H groups in total. The number of rotatable bonds is 3. The highest BCUT2D eigenvalue weighted by Gasteiger charge is 2.33. The Labute approximate surface area is 134 Å². The molecule has 3 rings (SSSR count). The van der Waals surface area contributed by atoms with Crippen LogP contribution < -0.4 is 4.74 Å². The summed E-state index contributed by atoms with van der Waals surface area (Å²) in [4.78, 5) is 19.0. The number of hydrogen-bond donors (Lipinski definition) is 1. The summed E-state index contributed by atoms with van der Waals surface area (Å²) in [5.41, 5.74) is -0.142. The number of halogens is 3. The highest BCUT2D eigenvalue weighted by molar-refractivity contribution is 5.66. The van der Waals surface area contributed by atoms with E-state index in [1.165, 1.54) is 4.90 Å². The predicted octanol–water partition coefficient (Wildman–Crippen LogP) is 3.36. The van der Waals surface area contributed by atoms with Crippen LogP contribution in [0.1, 0.15) is 17.2 Å².